The van der Waals surface area contributed by atoms with Crippen LogP contribution in [0.1, 0.15) is 12.5 Å². The Bertz CT molecular complexity index is 817. The van der Waals surface area contributed by atoms with E-state index < -0.39 is 0 Å². The molecule has 0 aliphatic carbocycles. The van der Waals surface area contributed by atoms with E-state index in [0.717, 1.165) is 12.1 Å². The first-order valence-electron chi connectivity index (χ1n) is 8.05. The van der Waals surface area contributed by atoms with E-state index in [9.17, 15) is 4.79 Å². The predicted molar refractivity (Wildman–Crippen MR) is 100 cm³/mol. The van der Waals surface area contributed by atoms with Crippen molar-refractivity contribution >= 4 is 29.0 Å². The number of anilines is 4. The molecule has 126 valence electrons. The molecular formula is C19H19N5O. The maximum absolute atomic E-state index is 11.9. The number of urea groups is 1. The number of nitrogens with zero attached hydrogens (tertiary/aromatic N) is 2. The van der Waals surface area contributed by atoms with Gasteiger partial charge in [0.25, 0.3) is 0 Å². The molecule has 0 saturated carbocycles. The number of rotatable bonds is 5. The lowest BCUT2D eigenvalue weighted by Crippen LogP contribution is -2.20. The SMILES string of the molecule is CCc1ccc(Nc2ccc(NC(=O)Nc3ccccc3)nn2)cc1. The van der Waals surface area contributed by atoms with E-state index in [2.05, 4.69) is 45.2 Å². The van der Waals surface area contributed by atoms with E-state index in [1.807, 2.05) is 42.5 Å². The molecule has 2 amide bonds. The minimum absolute atomic E-state index is 0.364. The number of carbonyl (C=O) groups excluding carboxylic acids is 1. The Hall–Kier alpha value is -3.41. The van der Waals surface area contributed by atoms with Crippen molar-refractivity contribution in [3.05, 3.63) is 72.3 Å². The van der Waals surface area contributed by atoms with Crippen molar-refractivity contribution in [2.24, 2.45) is 0 Å². The van der Waals surface area contributed by atoms with Gasteiger partial charge in [-0.25, -0.2) is 4.79 Å². The zero-order chi connectivity index (χ0) is 17.5. The fourth-order valence-corrected chi connectivity index (χ4v) is 2.24. The lowest BCUT2D eigenvalue weighted by molar-refractivity contribution is 0.262. The highest BCUT2D eigenvalue weighted by Gasteiger charge is 2.04. The van der Waals surface area contributed by atoms with Crippen molar-refractivity contribution in [1.82, 2.24) is 10.2 Å². The summed E-state index contributed by atoms with van der Waals surface area (Å²) in [5.41, 5.74) is 2.93. The smallest absolute Gasteiger partial charge is 0.324 e. The van der Waals surface area contributed by atoms with Crippen LogP contribution in [-0.4, -0.2) is 16.2 Å². The maximum Gasteiger partial charge on any atom is 0.324 e. The molecule has 0 radical (unpaired) electrons. The standard InChI is InChI=1S/C19H19N5O/c1-2-14-8-10-16(11-9-14)20-17-12-13-18(24-23-17)22-19(25)21-15-6-4-3-5-7-15/h3-13H,2H2,1H3,(H,20,23)(H2,21,22,24,25). The van der Waals surface area contributed by atoms with E-state index in [-0.39, 0.29) is 6.03 Å². The Morgan fingerprint density at radius 2 is 1.48 bits per heavy atom. The zero-order valence-corrected chi connectivity index (χ0v) is 13.9. The molecule has 1 aromatic heterocycles. The Balaban J connectivity index is 1.57. The monoisotopic (exact) mass is 333 g/mol. The van der Waals surface area contributed by atoms with E-state index in [0.29, 0.717) is 17.3 Å². The topological polar surface area (TPSA) is 78.9 Å². The fraction of sp³-hybridized carbons (Fsp3) is 0.105. The van der Waals surface area contributed by atoms with Gasteiger partial charge in [-0.2, -0.15) is 0 Å². The van der Waals surface area contributed by atoms with Crippen LogP contribution in [0.4, 0.5) is 27.8 Å². The van der Waals surface area contributed by atoms with Crippen LogP contribution in [0.5, 0.6) is 0 Å². The largest absolute Gasteiger partial charge is 0.339 e. The van der Waals surface area contributed by atoms with Gasteiger partial charge in [-0.3, -0.25) is 5.32 Å². The van der Waals surface area contributed by atoms with Crippen LogP contribution in [0, 0.1) is 0 Å². The average Bonchev–Trinajstić information content (AvgIpc) is 2.65. The van der Waals surface area contributed by atoms with Crippen molar-refractivity contribution in [3.63, 3.8) is 0 Å². The Morgan fingerprint density at radius 1 is 0.800 bits per heavy atom. The number of carbonyl (C=O) groups is 1. The minimum Gasteiger partial charge on any atom is -0.339 e. The third-order valence-electron chi connectivity index (χ3n) is 3.57. The van der Waals surface area contributed by atoms with Gasteiger partial charge in [0.1, 0.15) is 0 Å². The Labute approximate surface area is 146 Å². The summed E-state index contributed by atoms with van der Waals surface area (Å²) in [4.78, 5) is 11.9. The molecule has 0 aliphatic heterocycles. The molecule has 0 fully saturated rings. The van der Waals surface area contributed by atoms with E-state index in [1.54, 1.807) is 12.1 Å². The van der Waals surface area contributed by atoms with Crippen molar-refractivity contribution in [2.75, 3.05) is 16.0 Å². The molecular weight excluding hydrogens is 314 g/mol. The lowest BCUT2D eigenvalue weighted by Gasteiger charge is -2.08. The molecule has 0 bridgehead atoms. The third kappa shape index (κ3) is 4.78. The number of para-hydroxylation sites is 1. The number of aryl methyl sites for hydroxylation is 1. The molecule has 3 aromatic rings. The highest BCUT2D eigenvalue weighted by atomic mass is 16.2. The van der Waals surface area contributed by atoms with Gasteiger partial charge in [0.05, 0.1) is 0 Å². The first-order valence-corrected chi connectivity index (χ1v) is 8.05. The van der Waals surface area contributed by atoms with Gasteiger partial charge in [-0.15, -0.1) is 10.2 Å². The molecule has 2 aromatic carbocycles. The second-order valence-electron chi connectivity index (χ2n) is 5.42. The van der Waals surface area contributed by atoms with Gasteiger partial charge in [0, 0.05) is 11.4 Å². The Kier molecular flexibility index (Phi) is 5.21. The van der Waals surface area contributed by atoms with Gasteiger partial charge < -0.3 is 10.6 Å². The summed E-state index contributed by atoms with van der Waals surface area (Å²) in [6.07, 6.45) is 1.01. The molecule has 0 unspecified atom stereocenters. The van der Waals surface area contributed by atoms with Crippen molar-refractivity contribution in [3.8, 4) is 0 Å². The molecule has 6 nitrogen and oxygen atoms in total. The molecule has 0 saturated heterocycles. The third-order valence-corrected chi connectivity index (χ3v) is 3.57. The van der Waals surface area contributed by atoms with Gasteiger partial charge in [0.15, 0.2) is 11.6 Å². The highest BCUT2D eigenvalue weighted by Crippen LogP contribution is 2.16. The minimum atomic E-state index is -0.364. The van der Waals surface area contributed by atoms with Crippen molar-refractivity contribution in [2.45, 2.75) is 13.3 Å². The summed E-state index contributed by atoms with van der Waals surface area (Å²) in [5.74, 6) is 0.985. The average molecular weight is 333 g/mol. The molecule has 6 heteroatoms. The van der Waals surface area contributed by atoms with E-state index >= 15 is 0 Å². The molecule has 0 atom stereocenters. The number of amides is 2. The summed E-state index contributed by atoms with van der Waals surface area (Å²) in [6, 6.07) is 20.4. The van der Waals surface area contributed by atoms with Crippen LogP contribution < -0.4 is 16.0 Å². The second kappa shape index (κ2) is 7.92. The van der Waals surface area contributed by atoms with Gasteiger partial charge in [-0.1, -0.05) is 37.3 Å². The molecule has 3 rings (SSSR count). The van der Waals surface area contributed by atoms with Crippen LogP contribution in [0.25, 0.3) is 0 Å². The quantitative estimate of drug-likeness (QED) is 0.645. The summed E-state index contributed by atoms with van der Waals surface area (Å²) in [6.45, 7) is 2.12. The molecule has 0 spiro atoms. The normalized spacial score (nSPS) is 10.1. The van der Waals surface area contributed by atoms with Crippen LogP contribution >= 0.6 is 0 Å². The van der Waals surface area contributed by atoms with Crippen molar-refractivity contribution in [1.29, 1.82) is 0 Å². The molecule has 3 N–H and O–H groups in total. The van der Waals surface area contributed by atoms with Crippen molar-refractivity contribution < 1.29 is 4.79 Å². The summed E-state index contributed by atoms with van der Waals surface area (Å²) >= 11 is 0. The van der Waals surface area contributed by atoms with E-state index in [1.165, 1.54) is 5.56 Å². The Morgan fingerprint density at radius 3 is 2.12 bits per heavy atom. The first kappa shape index (κ1) is 16.4. The summed E-state index contributed by atoms with van der Waals surface area (Å²) < 4.78 is 0. The van der Waals surface area contributed by atoms with Crippen LogP contribution in [0.3, 0.4) is 0 Å². The lowest BCUT2D eigenvalue weighted by atomic mass is 10.1. The van der Waals surface area contributed by atoms with Crippen LogP contribution in [0.15, 0.2) is 66.7 Å². The van der Waals surface area contributed by atoms with Gasteiger partial charge >= 0.3 is 6.03 Å². The maximum atomic E-state index is 11.9. The number of benzene rings is 2. The molecule has 25 heavy (non-hydrogen) atoms. The number of nitrogens with one attached hydrogen (secondary N) is 3. The molecule has 1 heterocycles. The number of hydrogen-bond donors (Lipinski definition) is 3. The summed E-state index contributed by atoms with van der Waals surface area (Å²) in [5, 5.41) is 16.6. The number of aromatic nitrogens is 2. The van der Waals surface area contributed by atoms with Crippen LogP contribution in [-0.2, 0) is 6.42 Å². The highest BCUT2D eigenvalue weighted by molar-refractivity contribution is 5.99. The number of hydrogen-bond acceptors (Lipinski definition) is 4. The zero-order valence-electron chi connectivity index (χ0n) is 13.9. The van der Waals surface area contributed by atoms with E-state index in [4.69, 9.17) is 0 Å². The molecule has 0 aliphatic rings. The van der Waals surface area contributed by atoms with Crippen LogP contribution in [0.2, 0.25) is 0 Å². The van der Waals surface area contributed by atoms with Gasteiger partial charge in [0.2, 0.25) is 0 Å². The van der Waals surface area contributed by atoms with Gasteiger partial charge in [-0.05, 0) is 48.4 Å². The fourth-order valence-electron chi connectivity index (χ4n) is 2.24. The predicted octanol–water partition coefficient (Wildman–Crippen LogP) is 4.43. The summed E-state index contributed by atoms with van der Waals surface area (Å²) in [7, 11) is 0. The second-order valence-corrected chi connectivity index (χ2v) is 5.42. The first-order chi connectivity index (χ1) is 12.2.